The minimum Gasteiger partial charge on any atom is -0.361 e. The van der Waals surface area contributed by atoms with E-state index in [1.54, 1.807) is 32.6 Å². The van der Waals surface area contributed by atoms with Crippen LogP contribution in [0.3, 0.4) is 0 Å². The van der Waals surface area contributed by atoms with E-state index in [4.69, 9.17) is 4.52 Å². The molecule has 9 heteroatoms. The van der Waals surface area contributed by atoms with Gasteiger partial charge in [-0.2, -0.15) is 0 Å². The number of aryl methyl sites for hydroxylation is 2. The molecule has 1 atom stereocenters. The molecule has 8 nitrogen and oxygen atoms in total. The molecule has 0 bridgehead atoms. The first kappa shape index (κ1) is 19.4. The van der Waals surface area contributed by atoms with E-state index in [1.807, 2.05) is 0 Å². The molecule has 1 aromatic rings. The van der Waals surface area contributed by atoms with Crippen LogP contribution in [0, 0.1) is 19.3 Å². The van der Waals surface area contributed by atoms with Crippen molar-refractivity contribution >= 4 is 21.8 Å². The first-order valence-corrected chi connectivity index (χ1v) is 10.0. The van der Waals surface area contributed by atoms with Gasteiger partial charge in [0.05, 0.1) is 16.9 Å². The zero-order chi connectivity index (χ0) is 18.8. The van der Waals surface area contributed by atoms with Crippen LogP contribution in [0.1, 0.15) is 54.9 Å². The van der Waals surface area contributed by atoms with Crippen molar-refractivity contribution in [3.05, 3.63) is 17.0 Å². The Morgan fingerprint density at radius 3 is 2.60 bits per heavy atom. The van der Waals surface area contributed by atoms with Crippen molar-refractivity contribution in [3.8, 4) is 0 Å². The van der Waals surface area contributed by atoms with Gasteiger partial charge in [0, 0.05) is 13.1 Å². The van der Waals surface area contributed by atoms with E-state index >= 15 is 0 Å². The number of aromatic nitrogens is 1. The predicted octanol–water partition coefficient (Wildman–Crippen LogP) is 1.39. The summed E-state index contributed by atoms with van der Waals surface area (Å²) in [5.41, 5.74) is -0.0405. The fraction of sp³-hybridized carbons (Fsp3) is 0.688. The van der Waals surface area contributed by atoms with Gasteiger partial charge in [0.15, 0.2) is 0 Å². The molecule has 0 aliphatic carbocycles. The van der Waals surface area contributed by atoms with E-state index in [9.17, 15) is 18.0 Å². The smallest absolute Gasteiger partial charge is 0.259 e. The molecule has 25 heavy (non-hydrogen) atoms. The number of likely N-dealkylation sites (tertiary alicyclic amines) is 1. The van der Waals surface area contributed by atoms with Crippen molar-refractivity contribution in [2.45, 2.75) is 47.0 Å². The second kappa shape index (κ2) is 7.15. The minimum absolute atomic E-state index is 0.101. The van der Waals surface area contributed by atoms with Gasteiger partial charge in [-0.1, -0.05) is 12.1 Å². The van der Waals surface area contributed by atoms with Crippen LogP contribution < -0.4 is 4.72 Å². The number of hydrogen-bond donors (Lipinski definition) is 1. The molecule has 1 unspecified atom stereocenters. The molecule has 0 aromatic carbocycles. The summed E-state index contributed by atoms with van der Waals surface area (Å²) >= 11 is 0. The lowest BCUT2D eigenvalue weighted by molar-refractivity contribution is -0.130. The summed E-state index contributed by atoms with van der Waals surface area (Å²) in [5, 5.41) is 3.79. The predicted molar refractivity (Wildman–Crippen MR) is 91.4 cm³/mol. The summed E-state index contributed by atoms with van der Waals surface area (Å²) in [6.07, 6.45) is 1.56. The van der Waals surface area contributed by atoms with Crippen LogP contribution in [0.15, 0.2) is 4.52 Å². The molecule has 140 valence electrons. The first-order chi connectivity index (χ1) is 11.6. The Hall–Kier alpha value is -1.90. The average molecular weight is 371 g/mol. The highest BCUT2D eigenvalue weighted by molar-refractivity contribution is 7.90. The minimum atomic E-state index is -3.64. The summed E-state index contributed by atoms with van der Waals surface area (Å²) in [6, 6.07) is 0. The molecule has 1 aliphatic heterocycles. The summed E-state index contributed by atoms with van der Waals surface area (Å²) in [7, 11) is -3.64. The average Bonchev–Trinajstić information content (AvgIpc) is 2.85. The second-order valence-corrected chi connectivity index (χ2v) is 8.68. The highest BCUT2D eigenvalue weighted by atomic mass is 32.2. The van der Waals surface area contributed by atoms with Crippen molar-refractivity contribution in [3.63, 3.8) is 0 Å². The number of carbonyl (C=O) groups excluding carboxylic acids is 2. The number of nitrogens with one attached hydrogen (secondary N) is 1. The summed E-state index contributed by atoms with van der Waals surface area (Å²) in [5.74, 6) is -0.468. The Morgan fingerprint density at radius 2 is 2.04 bits per heavy atom. The maximum atomic E-state index is 12.8. The molecule has 2 rings (SSSR count). The zero-order valence-electron chi connectivity index (χ0n) is 15.1. The number of piperidine rings is 1. The Labute approximate surface area is 148 Å². The molecule has 0 saturated carbocycles. The molecule has 2 heterocycles. The van der Waals surface area contributed by atoms with Crippen molar-refractivity contribution in [2.24, 2.45) is 5.41 Å². The van der Waals surface area contributed by atoms with Gasteiger partial charge in [0.1, 0.15) is 11.3 Å². The zero-order valence-corrected chi connectivity index (χ0v) is 15.9. The van der Waals surface area contributed by atoms with E-state index < -0.39 is 21.3 Å². The third-order valence-corrected chi connectivity index (χ3v) is 5.94. The number of carbonyl (C=O) groups is 2. The number of sulfonamides is 1. The number of amides is 2. The monoisotopic (exact) mass is 371 g/mol. The molecule has 1 aliphatic rings. The van der Waals surface area contributed by atoms with E-state index in [1.165, 1.54) is 0 Å². The lowest BCUT2D eigenvalue weighted by Gasteiger charge is -2.39. The molecule has 1 fully saturated rings. The Morgan fingerprint density at radius 1 is 1.36 bits per heavy atom. The van der Waals surface area contributed by atoms with Gasteiger partial charge >= 0.3 is 0 Å². The topological polar surface area (TPSA) is 110 Å². The van der Waals surface area contributed by atoms with Gasteiger partial charge in [0.25, 0.3) is 5.91 Å². The van der Waals surface area contributed by atoms with Crippen LogP contribution in [-0.4, -0.2) is 49.1 Å². The molecule has 0 radical (unpaired) electrons. The van der Waals surface area contributed by atoms with Crippen LogP contribution in [0.25, 0.3) is 0 Å². The molecular formula is C16H25N3O5S. The first-order valence-electron chi connectivity index (χ1n) is 8.36. The number of nitrogens with zero attached hydrogens (tertiary/aromatic N) is 2. The largest absolute Gasteiger partial charge is 0.361 e. The van der Waals surface area contributed by atoms with Crippen LogP contribution in [-0.2, 0) is 14.8 Å². The lowest BCUT2D eigenvalue weighted by Crippen LogP contribution is -2.53. The van der Waals surface area contributed by atoms with Crippen molar-refractivity contribution < 1.29 is 22.5 Å². The summed E-state index contributed by atoms with van der Waals surface area (Å²) in [4.78, 5) is 26.9. The lowest BCUT2D eigenvalue weighted by atomic mass is 9.81. The Balaban J connectivity index is 2.16. The number of hydrogen-bond acceptors (Lipinski definition) is 6. The second-order valence-electron chi connectivity index (χ2n) is 6.84. The quantitative estimate of drug-likeness (QED) is 0.837. The Kier molecular flexibility index (Phi) is 5.55. The molecule has 2 amide bonds. The van der Waals surface area contributed by atoms with Gasteiger partial charge < -0.3 is 9.42 Å². The fourth-order valence-electron chi connectivity index (χ4n) is 3.13. The SMILES string of the molecule is CCCS(=O)(=O)NC(=O)C1(C)CCCN(C(=O)c2c(C)noc2C)C1. The van der Waals surface area contributed by atoms with Crippen LogP contribution in [0.2, 0.25) is 0 Å². The molecule has 1 aromatic heterocycles. The van der Waals surface area contributed by atoms with Crippen LogP contribution in [0.5, 0.6) is 0 Å². The maximum Gasteiger partial charge on any atom is 0.259 e. The van der Waals surface area contributed by atoms with E-state index in [0.29, 0.717) is 42.8 Å². The molecular weight excluding hydrogens is 346 g/mol. The fourth-order valence-corrected chi connectivity index (χ4v) is 4.30. The van der Waals surface area contributed by atoms with Crippen LogP contribution >= 0.6 is 0 Å². The molecule has 0 spiro atoms. The van der Waals surface area contributed by atoms with Crippen LogP contribution in [0.4, 0.5) is 0 Å². The highest BCUT2D eigenvalue weighted by Crippen LogP contribution is 2.31. The van der Waals surface area contributed by atoms with E-state index in [0.717, 1.165) is 0 Å². The van der Waals surface area contributed by atoms with Crippen molar-refractivity contribution in [1.29, 1.82) is 0 Å². The summed E-state index contributed by atoms with van der Waals surface area (Å²) < 4.78 is 31.0. The number of rotatable bonds is 5. The van der Waals surface area contributed by atoms with Gasteiger partial charge in [-0.25, -0.2) is 8.42 Å². The van der Waals surface area contributed by atoms with E-state index in [-0.39, 0.29) is 18.2 Å². The van der Waals surface area contributed by atoms with Gasteiger partial charge in [-0.3, -0.25) is 14.3 Å². The standard InChI is InChI=1S/C16H25N3O5S/c1-5-9-25(22,23)18-15(21)16(4)7-6-8-19(10-16)14(20)13-11(2)17-24-12(13)3/h5-10H2,1-4H3,(H,18,21). The Bertz CT molecular complexity index is 751. The van der Waals surface area contributed by atoms with E-state index in [2.05, 4.69) is 9.88 Å². The highest BCUT2D eigenvalue weighted by Gasteiger charge is 2.41. The normalized spacial score (nSPS) is 21.2. The molecule has 1 saturated heterocycles. The van der Waals surface area contributed by atoms with Crippen molar-refractivity contribution in [1.82, 2.24) is 14.8 Å². The third-order valence-electron chi connectivity index (χ3n) is 4.50. The molecule has 1 N–H and O–H groups in total. The van der Waals surface area contributed by atoms with Gasteiger partial charge in [0.2, 0.25) is 15.9 Å². The third kappa shape index (κ3) is 4.20. The summed E-state index contributed by atoms with van der Waals surface area (Å²) in [6.45, 7) is 7.45. The van der Waals surface area contributed by atoms with Gasteiger partial charge in [-0.15, -0.1) is 0 Å². The van der Waals surface area contributed by atoms with Gasteiger partial charge in [-0.05, 0) is 40.0 Å². The maximum absolute atomic E-state index is 12.8. The van der Waals surface area contributed by atoms with Crippen molar-refractivity contribution in [2.75, 3.05) is 18.8 Å².